The first-order valence-electron chi connectivity index (χ1n) is 12.3. The Hall–Kier alpha value is -4.19. The topological polar surface area (TPSA) is 57.5 Å². The number of benzene rings is 3. The quantitative estimate of drug-likeness (QED) is 0.471. The molecule has 2 aliphatic heterocycles. The summed E-state index contributed by atoms with van der Waals surface area (Å²) in [6.07, 6.45) is 2.91. The van der Waals surface area contributed by atoms with Crippen LogP contribution < -0.4 is 9.75 Å². The van der Waals surface area contributed by atoms with Gasteiger partial charge in [0.2, 0.25) is 5.96 Å². The second-order valence-electron chi connectivity index (χ2n) is 9.47. The largest absolute Gasteiger partial charge is 0.497 e. The molecule has 6 nitrogen and oxygen atoms in total. The number of hydrogen-bond acceptors (Lipinski definition) is 6. The van der Waals surface area contributed by atoms with Crippen LogP contribution in [-0.4, -0.2) is 29.6 Å². The summed E-state index contributed by atoms with van der Waals surface area (Å²) < 4.78 is 5.42. The van der Waals surface area contributed by atoms with E-state index in [-0.39, 0.29) is 11.8 Å². The number of ketones is 1. The molecule has 0 aromatic heterocycles. The maximum absolute atomic E-state index is 12.9. The molecule has 0 N–H and O–H groups in total. The van der Waals surface area contributed by atoms with Crippen LogP contribution in [0.2, 0.25) is 0 Å². The number of aliphatic imine (C=N–C) groups is 1. The zero-order valence-electron chi connectivity index (χ0n) is 20.7. The second kappa shape index (κ2) is 8.79. The van der Waals surface area contributed by atoms with Crippen molar-refractivity contribution in [2.24, 2.45) is 10.1 Å². The summed E-state index contributed by atoms with van der Waals surface area (Å²) in [5.41, 5.74) is 7.79. The number of carbonyl (C=O) groups is 1. The van der Waals surface area contributed by atoms with Crippen molar-refractivity contribution >= 4 is 29.0 Å². The number of guanidine groups is 1. The Morgan fingerprint density at radius 2 is 1.72 bits per heavy atom. The molecule has 0 saturated carbocycles. The van der Waals surface area contributed by atoms with Gasteiger partial charge in [0.15, 0.2) is 11.6 Å². The minimum Gasteiger partial charge on any atom is -0.497 e. The van der Waals surface area contributed by atoms with Gasteiger partial charge in [0, 0.05) is 12.5 Å². The van der Waals surface area contributed by atoms with Gasteiger partial charge in [-0.05, 0) is 67.2 Å². The van der Waals surface area contributed by atoms with Crippen LogP contribution in [-0.2, 0) is 11.2 Å². The maximum Gasteiger partial charge on any atom is 0.234 e. The zero-order chi connectivity index (χ0) is 24.8. The van der Waals surface area contributed by atoms with E-state index in [1.54, 1.807) is 14.0 Å². The van der Waals surface area contributed by atoms with Crippen LogP contribution in [0, 0.1) is 6.92 Å². The minimum absolute atomic E-state index is 0.0890. The standard InChI is InChI=1S/C30H28N4O2/c1-19-11-15-23(16-12-19)34-30-31-27-25-9-5-4-7-21(25)8-6-10-26(27)28(33(30)29(32-34)20(2)35)22-13-17-24(36-3)18-14-22/h4-5,7,9,11-18,28H,6,8,10H2,1-3H3. The van der Waals surface area contributed by atoms with E-state index in [0.29, 0.717) is 11.8 Å². The summed E-state index contributed by atoms with van der Waals surface area (Å²) in [6, 6.07) is 24.6. The number of hydrazone groups is 1. The van der Waals surface area contributed by atoms with Crippen molar-refractivity contribution < 1.29 is 9.53 Å². The number of methoxy groups -OCH3 is 1. The fourth-order valence-corrected chi connectivity index (χ4v) is 5.34. The molecule has 0 radical (unpaired) electrons. The van der Waals surface area contributed by atoms with Gasteiger partial charge in [-0.25, -0.2) is 4.99 Å². The highest BCUT2D eigenvalue weighted by Gasteiger charge is 2.44. The monoisotopic (exact) mass is 476 g/mol. The fraction of sp³-hybridized carbons (Fsp3) is 0.233. The molecule has 0 amide bonds. The van der Waals surface area contributed by atoms with Gasteiger partial charge in [-0.3, -0.25) is 9.69 Å². The first-order valence-corrected chi connectivity index (χ1v) is 12.3. The smallest absolute Gasteiger partial charge is 0.234 e. The molecule has 2 heterocycles. The van der Waals surface area contributed by atoms with E-state index in [1.165, 1.54) is 11.1 Å². The predicted octanol–water partition coefficient (Wildman–Crippen LogP) is 5.89. The van der Waals surface area contributed by atoms with E-state index in [1.807, 2.05) is 34.2 Å². The number of ether oxygens (including phenoxy) is 1. The van der Waals surface area contributed by atoms with E-state index in [0.717, 1.165) is 53.1 Å². The molecule has 6 rings (SSSR count). The number of carbonyl (C=O) groups excluding carboxylic acids is 1. The minimum atomic E-state index is -0.192. The van der Waals surface area contributed by atoms with Crippen LogP contribution in [0.15, 0.2) is 88.5 Å². The Labute approximate surface area is 211 Å². The van der Waals surface area contributed by atoms with Gasteiger partial charge < -0.3 is 4.74 Å². The maximum atomic E-state index is 12.9. The number of amidine groups is 1. The lowest BCUT2D eigenvalue weighted by molar-refractivity contribution is -0.111. The normalized spacial score (nSPS) is 18.6. The van der Waals surface area contributed by atoms with Gasteiger partial charge in [0.25, 0.3) is 0 Å². The van der Waals surface area contributed by atoms with E-state index in [4.69, 9.17) is 14.8 Å². The third kappa shape index (κ3) is 3.61. The summed E-state index contributed by atoms with van der Waals surface area (Å²) in [6.45, 7) is 3.63. The molecule has 1 aliphatic carbocycles. The number of Topliss-reactive ketones (excluding diaryl/α,β-unsaturated/α-hetero) is 1. The average Bonchev–Trinajstić information content (AvgIpc) is 3.18. The molecule has 3 aromatic rings. The number of anilines is 1. The van der Waals surface area contributed by atoms with E-state index >= 15 is 0 Å². The van der Waals surface area contributed by atoms with Crippen LogP contribution in [0.1, 0.15) is 48.1 Å². The number of rotatable bonds is 4. The Morgan fingerprint density at radius 3 is 2.44 bits per heavy atom. The Morgan fingerprint density at radius 1 is 0.972 bits per heavy atom. The van der Waals surface area contributed by atoms with Crippen molar-refractivity contribution in [3.05, 3.63) is 101 Å². The van der Waals surface area contributed by atoms with Gasteiger partial charge in [-0.2, -0.15) is 5.01 Å². The molecule has 180 valence electrons. The van der Waals surface area contributed by atoms with E-state index in [9.17, 15) is 4.79 Å². The van der Waals surface area contributed by atoms with Crippen molar-refractivity contribution in [3.63, 3.8) is 0 Å². The molecular formula is C30H28N4O2. The van der Waals surface area contributed by atoms with Crippen LogP contribution in [0.25, 0.3) is 5.70 Å². The Balaban J connectivity index is 1.59. The predicted molar refractivity (Wildman–Crippen MR) is 143 cm³/mol. The van der Waals surface area contributed by atoms with E-state index in [2.05, 4.69) is 55.5 Å². The molecule has 6 heteroatoms. The van der Waals surface area contributed by atoms with Crippen molar-refractivity contribution in [1.29, 1.82) is 0 Å². The van der Waals surface area contributed by atoms with Gasteiger partial charge in [-0.15, -0.1) is 5.10 Å². The number of hydrogen-bond donors (Lipinski definition) is 0. The van der Waals surface area contributed by atoms with Crippen molar-refractivity contribution in [2.45, 2.75) is 39.2 Å². The molecule has 0 saturated heterocycles. The van der Waals surface area contributed by atoms with Crippen molar-refractivity contribution in [2.75, 3.05) is 12.1 Å². The van der Waals surface area contributed by atoms with Gasteiger partial charge in [0.05, 0.1) is 24.5 Å². The van der Waals surface area contributed by atoms with Crippen LogP contribution >= 0.6 is 0 Å². The molecule has 0 spiro atoms. The lowest BCUT2D eigenvalue weighted by atomic mass is 9.90. The first kappa shape index (κ1) is 22.3. The lowest BCUT2D eigenvalue weighted by Gasteiger charge is -2.37. The number of nitrogens with zero attached hydrogens (tertiary/aromatic N) is 4. The molecule has 1 atom stereocenters. The summed E-state index contributed by atoms with van der Waals surface area (Å²) in [5.74, 6) is 1.76. The molecule has 3 aliphatic rings. The fourth-order valence-electron chi connectivity index (χ4n) is 5.34. The Bertz CT molecular complexity index is 1430. The lowest BCUT2D eigenvalue weighted by Crippen LogP contribution is -2.45. The Kier molecular flexibility index (Phi) is 5.44. The summed E-state index contributed by atoms with van der Waals surface area (Å²) in [5, 5.41) is 6.63. The third-order valence-electron chi connectivity index (χ3n) is 7.12. The molecule has 0 bridgehead atoms. The molecular weight excluding hydrogens is 448 g/mol. The summed E-state index contributed by atoms with van der Waals surface area (Å²) in [7, 11) is 1.67. The molecule has 3 aromatic carbocycles. The summed E-state index contributed by atoms with van der Waals surface area (Å²) >= 11 is 0. The van der Waals surface area contributed by atoms with Crippen LogP contribution in [0.5, 0.6) is 5.75 Å². The third-order valence-corrected chi connectivity index (χ3v) is 7.12. The van der Waals surface area contributed by atoms with Gasteiger partial charge in [-0.1, -0.05) is 54.1 Å². The zero-order valence-corrected chi connectivity index (χ0v) is 20.7. The SMILES string of the molecule is COc1ccc(C2C3=C(N=C4N(c5ccc(C)cc5)N=C(C(C)=O)N42)c2ccccc2CCC3)cc1. The average molecular weight is 477 g/mol. The van der Waals surface area contributed by atoms with Crippen LogP contribution in [0.3, 0.4) is 0 Å². The van der Waals surface area contributed by atoms with Crippen LogP contribution in [0.4, 0.5) is 5.69 Å². The summed E-state index contributed by atoms with van der Waals surface area (Å²) in [4.78, 5) is 20.2. The van der Waals surface area contributed by atoms with Gasteiger partial charge >= 0.3 is 0 Å². The molecule has 0 fully saturated rings. The number of aryl methyl sites for hydroxylation is 2. The highest BCUT2D eigenvalue weighted by atomic mass is 16.5. The highest BCUT2D eigenvalue weighted by Crippen LogP contribution is 2.46. The van der Waals surface area contributed by atoms with Crippen molar-refractivity contribution in [3.8, 4) is 5.75 Å². The highest BCUT2D eigenvalue weighted by molar-refractivity contribution is 6.43. The number of fused-ring (bicyclic) bond motifs is 3. The molecule has 36 heavy (non-hydrogen) atoms. The second-order valence-corrected chi connectivity index (χ2v) is 9.47. The molecule has 1 unspecified atom stereocenters. The van der Waals surface area contributed by atoms with E-state index < -0.39 is 0 Å². The first-order chi connectivity index (χ1) is 17.5. The van der Waals surface area contributed by atoms with Crippen molar-refractivity contribution in [1.82, 2.24) is 4.90 Å². The van der Waals surface area contributed by atoms with Gasteiger partial charge in [0.1, 0.15) is 5.75 Å².